The molecule has 2 aromatic rings. The van der Waals surface area contributed by atoms with Crippen molar-refractivity contribution in [2.24, 2.45) is 5.73 Å². The Bertz CT molecular complexity index is 944. The van der Waals surface area contributed by atoms with Gasteiger partial charge in [-0.1, -0.05) is 12.1 Å². The molecule has 9 nitrogen and oxygen atoms in total. The van der Waals surface area contributed by atoms with Gasteiger partial charge in [0.05, 0.1) is 24.4 Å². The first-order valence-electron chi connectivity index (χ1n) is 7.62. The number of nitrogens with two attached hydrogens (primary N) is 1. The number of hydrogen-bond donors (Lipinski definition) is 3. The van der Waals surface area contributed by atoms with Crippen LogP contribution in [0, 0.1) is 0 Å². The molecular weight excluding hydrogens is 348 g/mol. The summed E-state index contributed by atoms with van der Waals surface area (Å²) in [5, 5.41) is 2.91. The van der Waals surface area contributed by atoms with Gasteiger partial charge in [0.1, 0.15) is 10.6 Å². The van der Waals surface area contributed by atoms with E-state index in [0.717, 1.165) is 0 Å². The van der Waals surface area contributed by atoms with E-state index >= 15 is 0 Å². The summed E-state index contributed by atoms with van der Waals surface area (Å²) in [6.45, 7) is 2.29. The van der Waals surface area contributed by atoms with Crippen molar-refractivity contribution >= 4 is 38.4 Å². The van der Waals surface area contributed by atoms with Gasteiger partial charge in [-0.2, -0.15) is 4.31 Å². The fraction of sp³-hybridized carbons (Fsp3) is 0.333. The summed E-state index contributed by atoms with van der Waals surface area (Å²) in [6.07, 6.45) is 0. The molecule has 2 heterocycles. The van der Waals surface area contributed by atoms with Gasteiger partial charge in [0.15, 0.2) is 0 Å². The summed E-state index contributed by atoms with van der Waals surface area (Å²) in [7, 11) is -3.96. The predicted octanol–water partition coefficient (Wildman–Crippen LogP) is 0.246. The average molecular weight is 366 g/mol. The number of rotatable bonds is 4. The minimum Gasteiger partial charge on any atom is -0.379 e. The quantitative estimate of drug-likeness (QED) is 0.713. The zero-order valence-corrected chi connectivity index (χ0v) is 14.4. The van der Waals surface area contributed by atoms with E-state index < -0.39 is 15.9 Å². The molecule has 0 aliphatic carbocycles. The Labute approximate surface area is 144 Å². The van der Waals surface area contributed by atoms with Crippen molar-refractivity contribution in [3.05, 3.63) is 23.9 Å². The Morgan fingerprint density at radius 3 is 2.56 bits per heavy atom. The van der Waals surface area contributed by atoms with Crippen molar-refractivity contribution in [1.29, 1.82) is 0 Å². The van der Waals surface area contributed by atoms with Crippen molar-refractivity contribution in [2.75, 3.05) is 31.6 Å². The normalized spacial score (nSPS) is 16.0. The highest BCUT2D eigenvalue weighted by Crippen LogP contribution is 2.33. The molecule has 0 spiro atoms. The average Bonchev–Trinajstić information content (AvgIpc) is 2.97. The second-order valence-electron chi connectivity index (χ2n) is 5.62. The number of aromatic amines is 1. The third-order valence-corrected chi connectivity index (χ3v) is 5.90. The third-order valence-electron chi connectivity index (χ3n) is 3.91. The number of benzene rings is 1. The highest BCUT2D eigenvalue weighted by atomic mass is 32.2. The van der Waals surface area contributed by atoms with E-state index in [2.05, 4.69) is 10.3 Å². The van der Waals surface area contributed by atoms with Gasteiger partial charge in [0.2, 0.25) is 15.9 Å². The molecule has 1 fully saturated rings. The number of hydrogen-bond acceptors (Lipinski definition) is 5. The molecular formula is C15H18N4O5S. The van der Waals surface area contributed by atoms with Gasteiger partial charge in [0, 0.05) is 25.4 Å². The molecule has 10 heteroatoms. The van der Waals surface area contributed by atoms with Crippen LogP contribution in [0.4, 0.5) is 5.69 Å². The Morgan fingerprint density at radius 2 is 1.96 bits per heavy atom. The zero-order valence-electron chi connectivity index (χ0n) is 13.5. The number of sulfonamides is 1. The van der Waals surface area contributed by atoms with Crippen molar-refractivity contribution in [3.63, 3.8) is 0 Å². The van der Waals surface area contributed by atoms with Gasteiger partial charge in [-0.05, 0) is 6.07 Å². The second kappa shape index (κ2) is 6.47. The molecule has 0 unspecified atom stereocenters. The van der Waals surface area contributed by atoms with Crippen LogP contribution in [0.1, 0.15) is 17.4 Å². The number of nitrogens with zero attached hydrogens (tertiary/aromatic N) is 1. The lowest BCUT2D eigenvalue weighted by Crippen LogP contribution is -2.41. The molecule has 1 aliphatic rings. The number of aromatic nitrogens is 1. The minimum atomic E-state index is -3.96. The molecule has 3 rings (SSSR count). The van der Waals surface area contributed by atoms with Crippen LogP contribution in [0.3, 0.4) is 0 Å². The molecule has 1 aliphatic heterocycles. The van der Waals surface area contributed by atoms with Gasteiger partial charge < -0.3 is 20.8 Å². The standard InChI is InChI=1S/C15H18N4O5S/c1-9(20)17-11-4-2-3-10-12(11)18-13(15(16)21)14(10)25(22,23)19-5-7-24-8-6-19/h2-4,18H,5-8H2,1H3,(H2,16,21)(H,17,20). The fourth-order valence-corrected chi connectivity index (χ4v) is 4.59. The summed E-state index contributed by atoms with van der Waals surface area (Å²) in [5.41, 5.74) is 5.88. The van der Waals surface area contributed by atoms with Gasteiger partial charge >= 0.3 is 0 Å². The van der Waals surface area contributed by atoms with Crippen LogP contribution in [-0.4, -0.2) is 55.8 Å². The van der Waals surface area contributed by atoms with Crippen LogP contribution in [-0.2, 0) is 19.6 Å². The third kappa shape index (κ3) is 3.11. The maximum Gasteiger partial charge on any atom is 0.266 e. The number of anilines is 1. The Balaban J connectivity index is 2.24. The van der Waals surface area contributed by atoms with Crippen LogP contribution in [0.5, 0.6) is 0 Å². The molecule has 0 bridgehead atoms. The highest BCUT2D eigenvalue weighted by molar-refractivity contribution is 7.89. The smallest absolute Gasteiger partial charge is 0.266 e. The molecule has 2 amide bonds. The number of para-hydroxylation sites is 1. The number of fused-ring (bicyclic) bond motifs is 1. The number of nitrogens with one attached hydrogen (secondary N) is 2. The molecule has 1 aromatic heterocycles. The Kier molecular flexibility index (Phi) is 4.50. The monoisotopic (exact) mass is 366 g/mol. The lowest BCUT2D eigenvalue weighted by molar-refractivity contribution is -0.114. The highest BCUT2D eigenvalue weighted by Gasteiger charge is 2.33. The van der Waals surface area contributed by atoms with E-state index in [0.29, 0.717) is 16.6 Å². The summed E-state index contributed by atoms with van der Waals surface area (Å²) >= 11 is 0. The van der Waals surface area contributed by atoms with Crippen LogP contribution < -0.4 is 11.1 Å². The van der Waals surface area contributed by atoms with Gasteiger partial charge in [0.25, 0.3) is 5.91 Å². The van der Waals surface area contributed by atoms with Crippen LogP contribution >= 0.6 is 0 Å². The molecule has 0 atom stereocenters. The SMILES string of the molecule is CC(=O)Nc1cccc2c(S(=O)(=O)N3CCOCC3)c(C(N)=O)[nH]c12. The minimum absolute atomic E-state index is 0.177. The van der Waals surface area contributed by atoms with Crippen molar-refractivity contribution in [1.82, 2.24) is 9.29 Å². The molecule has 25 heavy (non-hydrogen) atoms. The number of carbonyl (C=O) groups is 2. The van der Waals surface area contributed by atoms with Crippen LogP contribution in [0.25, 0.3) is 10.9 Å². The van der Waals surface area contributed by atoms with Gasteiger partial charge in [-0.3, -0.25) is 9.59 Å². The molecule has 134 valence electrons. The lowest BCUT2D eigenvalue weighted by atomic mass is 10.2. The second-order valence-corrected chi connectivity index (χ2v) is 7.49. The molecule has 0 saturated carbocycles. The first-order valence-corrected chi connectivity index (χ1v) is 9.06. The fourth-order valence-electron chi connectivity index (χ4n) is 2.84. The van der Waals surface area contributed by atoms with E-state index in [1.807, 2.05) is 0 Å². The first-order chi connectivity index (χ1) is 11.8. The number of primary amides is 1. The summed E-state index contributed by atoms with van der Waals surface area (Å²) in [4.78, 5) is 25.8. The lowest BCUT2D eigenvalue weighted by Gasteiger charge is -2.26. The van der Waals surface area contributed by atoms with Crippen molar-refractivity contribution < 1.29 is 22.7 Å². The van der Waals surface area contributed by atoms with Crippen molar-refractivity contribution in [3.8, 4) is 0 Å². The number of morpholine rings is 1. The van der Waals surface area contributed by atoms with E-state index in [1.54, 1.807) is 18.2 Å². The zero-order chi connectivity index (χ0) is 18.2. The number of carbonyl (C=O) groups excluding carboxylic acids is 2. The predicted molar refractivity (Wildman–Crippen MR) is 90.7 cm³/mol. The topological polar surface area (TPSA) is 135 Å². The van der Waals surface area contributed by atoms with Crippen LogP contribution in [0.2, 0.25) is 0 Å². The summed E-state index contributed by atoms with van der Waals surface area (Å²) < 4.78 is 32.6. The van der Waals surface area contributed by atoms with Crippen molar-refractivity contribution in [2.45, 2.75) is 11.8 Å². The number of H-pyrrole nitrogens is 1. The van der Waals surface area contributed by atoms with E-state index in [9.17, 15) is 18.0 Å². The van der Waals surface area contributed by atoms with E-state index in [4.69, 9.17) is 10.5 Å². The molecule has 4 N–H and O–H groups in total. The molecule has 0 radical (unpaired) electrons. The number of amides is 2. The summed E-state index contributed by atoms with van der Waals surface area (Å²) in [6, 6.07) is 4.78. The molecule has 1 aromatic carbocycles. The molecule has 1 saturated heterocycles. The number of ether oxygens (including phenoxy) is 1. The van der Waals surface area contributed by atoms with E-state index in [1.165, 1.54) is 11.2 Å². The Morgan fingerprint density at radius 1 is 1.28 bits per heavy atom. The summed E-state index contributed by atoms with van der Waals surface area (Å²) in [5.74, 6) is -1.21. The first kappa shape index (κ1) is 17.4. The maximum atomic E-state index is 13.1. The largest absolute Gasteiger partial charge is 0.379 e. The van der Waals surface area contributed by atoms with E-state index in [-0.39, 0.29) is 42.8 Å². The maximum absolute atomic E-state index is 13.1. The van der Waals surface area contributed by atoms with Crippen LogP contribution in [0.15, 0.2) is 23.1 Å². The van der Waals surface area contributed by atoms with Gasteiger partial charge in [-0.25, -0.2) is 8.42 Å². The van der Waals surface area contributed by atoms with Gasteiger partial charge in [-0.15, -0.1) is 0 Å². The Hall–Kier alpha value is -2.43.